The molecule has 1 atom stereocenters. The number of ether oxygens (including phenoxy) is 1. The Bertz CT molecular complexity index is 626. The minimum atomic E-state index is 0.110. The molecule has 0 radical (unpaired) electrons. The van der Waals surface area contributed by atoms with Gasteiger partial charge in [-0.1, -0.05) is 18.2 Å². The van der Waals surface area contributed by atoms with E-state index in [9.17, 15) is 0 Å². The number of thiazole rings is 1. The van der Waals surface area contributed by atoms with Crippen molar-refractivity contribution in [2.24, 2.45) is 5.73 Å². The van der Waals surface area contributed by atoms with Crippen molar-refractivity contribution < 1.29 is 4.74 Å². The number of anilines is 1. The summed E-state index contributed by atoms with van der Waals surface area (Å²) in [5.41, 5.74) is 8.44. The largest absolute Gasteiger partial charge is 0.496 e. The van der Waals surface area contributed by atoms with E-state index in [1.165, 1.54) is 16.9 Å². The van der Waals surface area contributed by atoms with E-state index in [0.717, 1.165) is 36.0 Å². The number of rotatable bonds is 4. The number of aromatic nitrogens is 1. The average molecular weight is 303 g/mol. The Hall–Kier alpha value is -1.59. The molecule has 0 saturated heterocycles. The first kappa shape index (κ1) is 14.4. The third-order valence-corrected chi connectivity index (χ3v) is 5.16. The molecule has 1 aromatic carbocycles. The molecule has 3 rings (SSSR count). The van der Waals surface area contributed by atoms with Gasteiger partial charge < -0.3 is 15.4 Å². The zero-order valence-electron chi connectivity index (χ0n) is 12.5. The predicted molar refractivity (Wildman–Crippen MR) is 87.1 cm³/mol. The Balaban J connectivity index is 1.81. The van der Waals surface area contributed by atoms with Gasteiger partial charge in [0.2, 0.25) is 0 Å². The number of fused-ring (bicyclic) bond motifs is 1. The molecule has 2 N–H and O–H groups in total. The highest BCUT2D eigenvalue weighted by Crippen LogP contribution is 2.36. The Morgan fingerprint density at radius 2 is 2.24 bits per heavy atom. The number of nitrogens with two attached hydrogens (primary N) is 1. The lowest BCUT2D eigenvalue weighted by Crippen LogP contribution is -2.18. The first-order valence-corrected chi connectivity index (χ1v) is 8.09. The lowest BCUT2D eigenvalue weighted by molar-refractivity contribution is 0.409. The molecule has 0 saturated carbocycles. The van der Waals surface area contributed by atoms with Crippen LogP contribution in [0.15, 0.2) is 24.3 Å². The third-order valence-electron chi connectivity index (χ3n) is 3.91. The van der Waals surface area contributed by atoms with Crippen LogP contribution in [0, 0.1) is 0 Å². The molecule has 21 heavy (non-hydrogen) atoms. The molecule has 0 amide bonds. The van der Waals surface area contributed by atoms with Crippen molar-refractivity contribution in [1.82, 2.24) is 4.98 Å². The highest BCUT2D eigenvalue weighted by molar-refractivity contribution is 7.15. The van der Waals surface area contributed by atoms with Crippen molar-refractivity contribution in [2.75, 3.05) is 19.1 Å². The van der Waals surface area contributed by atoms with Crippen molar-refractivity contribution in [2.45, 2.75) is 31.8 Å². The van der Waals surface area contributed by atoms with Gasteiger partial charge in [0.1, 0.15) is 5.75 Å². The Labute approximate surface area is 129 Å². The molecule has 5 heteroatoms. The standard InChI is InChI=1S/C16H21N3OS/c1-19(10-11-6-3-4-8-13(11)20-2)16-18-15-12(17)7-5-9-14(15)21-16/h3-4,6,8,12H,5,7,9-10,17H2,1-2H3. The fourth-order valence-corrected chi connectivity index (χ4v) is 3.89. The molecule has 4 nitrogen and oxygen atoms in total. The summed E-state index contributed by atoms with van der Waals surface area (Å²) >= 11 is 1.77. The summed E-state index contributed by atoms with van der Waals surface area (Å²) in [5.74, 6) is 0.919. The summed E-state index contributed by atoms with van der Waals surface area (Å²) in [6.45, 7) is 0.783. The molecule has 0 fully saturated rings. The second-order valence-corrected chi connectivity index (χ2v) is 6.53. The van der Waals surface area contributed by atoms with E-state index in [1.54, 1.807) is 18.4 Å². The average Bonchev–Trinajstić information content (AvgIpc) is 2.93. The highest BCUT2D eigenvalue weighted by Gasteiger charge is 2.23. The molecule has 112 valence electrons. The number of hydrogen-bond acceptors (Lipinski definition) is 5. The summed E-state index contributed by atoms with van der Waals surface area (Å²) in [5, 5.41) is 1.04. The van der Waals surface area contributed by atoms with E-state index in [1.807, 2.05) is 18.2 Å². The van der Waals surface area contributed by atoms with Crippen LogP contribution in [-0.4, -0.2) is 19.1 Å². The first-order valence-electron chi connectivity index (χ1n) is 7.27. The van der Waals surface area contributed by atoms with Crippen LogP contribution in [0.3, 0.4) is 0 Å². The molecule has 1 aliphatic rings. The van der Waals surface area contributed by atoms with E-state index in [4.69, 9.17) is 15.5 Å². The molecule has 2 aromatic rings. The van der Waals surface area contributed by atoms with Crippen LogP contribution in [-0.2, 0) is 13.0 Å². The molecular formula is C16H21N3OS. The second kappa shape index (κ2) is 6.03. The number of aryl methyl sites for hydroxylation is 1. The van der Waals surface area contributed by atoms with Crippen LogP contribution in [0.1, 0.15) is 35.0 Å². The van der Waals surface area contributed by atoms with Gasteiger partial charge in [0.25, 0.3) is 0 Å². The Morgan fingerprint density at radius 1 is 1.43 bits per heavy atom. The van der Waals surface area contributed by atoms with Crippen LogP contribution in [0.25, 0.3) is 0 Å². The number of methoxy groups -OCH3 is 1. The van der Waals surface area contributed by atoms with Gasteiger partial charge in [-0.15, -0.1) is 11.3 Å². The van der Waals surface area contributed by atoms with E-state index < -0.39 is 0 Å². The number of benzene rings is 1. The molecule has 1 aromatic heterocycles. The molecule has 1 aliphatic carbocycles. The van der Waals surface area contributed by atoms with Crippen LogP contribution in [0.5, 0.6) is 5.75 Å². The van der Waals surface area contributed by atoms with Gasteiger partial charge >= 0.3 is 0 Å². The van der Waals surface area contributed by atoms with Gasteiger partial charge in [0, 0.05) is 30.1 Å². The first-order chi connectivity index (χ1) is 10.2. The maximum Gasteiger partial charge on any atom is 0.185 e. The maximum atomic E-state index is 6.16. The third kappa shape index (κ3) is 2.89. The van der Waals surface area contributed by atoms with Crippen molar-refractivity contribution in [3.8, 4) is 5.75 Å². The zero-order valence-corrected chi connectivity index (χ0v) is 13.3. The fraction of sp³-hybridized carbons (Fsp3) is 0.438. The van der Waals surface area contributed by atoms with Crippen molar-refractivity contribution in [1.29, 1.82) is 0 Å². The molecule has 0 spiro atoms. The van der Waals surface area contributed by atoms with Crippen LogP contribution < -0.4 is 15.4 Å². The van der Waals surface area contributed by atoms with Crippen LogP contribution >= 0.6 is 11.3 Å². The Kier molecular flexibility index (Phi) is 4.12. The lowest BCUT2D eigenvalue weighted by atomic mass is 9.99. The minimum absolute atomic E-state index is 0.110. The number of nitrogens with zero attached hydrogens (tertiary/aromatic N) is 2. The zero-order chi connectivity index (χ0) is 14.8. The SMILES string of the molecule is COc1ccccc1CN(C)c1nc2c(s1)CCCC2N. The van der Waals surface area contributed by atoms with E-state index in [-0.39, 0.29) is 6.04 Å². The molecule has 0 bridgehead atoms. The van der Waals surface area contributed by atoms with E-state index in [2.05, 4.69) is 18.0 Å². The second-order valence-electron chi connectivity index (χ2n) is 5.47. The van der Waals surface area contributed by atoms with Gasteiger partial charge in [-0.05, 0) is 25.3 Å². The summed E-state index contributed by atoms with van der Waals surface area (Å²) in [6.07, 6.45) is 3.33. The predicted octanol–water partition coefficient (Wildman–Crippen LogP) is 3.12. The summed E-state index contributed by atoms with van der Waals surface area (Å²) < 4.78 is 5.42. The van der Waals surface area contributed by atoms with Crippen LogP contribution in [0.2, 0.25) is 0 Å². The van der Waals surface area contributed by atoms with Gasteiger partial charge in [-0.2, -0.15) is 0 Å². The quantitative estimate of drug-likeness (QED) is 0.943. The monoisotopic (exact) mass is 303 g/mol. The normalized spacial score (nSPS) is 17.4. The van der Waals surface area contributed by atoms with Gasteiger partial charge in [-0.3, -0.25) is 0 Å². The molecule has 0 aliphatic heterocycles. The topological polar surface area (TPSA) is 51.4 Å². The van der Waals surface area contributed by atoms with Crippen molar-refractivity contribution in [3.63, 3.8) is 0 Å². The molecule has 1 unspecified atom stereocenters. The highest BCUT2D eigenvalue weighted by atomic mass is 32.1. The van der Waals surface area contributed by atoms with Crippen molar-refractivity contribution >= 4 is 16.5 Å². The lowest BCUT2D eigenvalue weighted by Gasteiger charge is -2.17. The van der Waals surface area contributed by atoms with Gasteiger partial charge in [0.05, 0.1) is 12.8 Å². The van der Waals surface area contributed by atoms with E-state index >= 15 is 0 Å². The summed E-state index contributed by atoms with van der Waals surface area (Å²) in [6, 6.07) is 8.22. The van der Waals surface area contributed by atoms with Crippen LogP contribution in [0.4, 0.5) is 5.13 Å². The minimum Gasteiger partial charge on any atom is -0.496 e. The molecule has 1 heterocycles. The number of hydrogen-bond donors (Lipinski definition) is 1. The van der Waals surface area contributed by atoms with Crippen molar-refractivity contribution in [3.05, 3.63) is 40.4 Å². The maximum absolute atomic E-state index is 6.16. The van der Waals surface area contributed by atoms with Gasteiger partial charge in [-0.25, -0.2) is 4.98 Å². The number of para-hydroxylation sites is 1. The summed E-state index contributed by atoms with van der Waals surface area (Å²) in [4.78, 5) is 8.29. The fourth-order valence-electron chi connectivity index (χ4n) is 2.76. The molecular weight excluding hydrogens is 282 g/mol. The van der Waals surface area contributed by atoms with Gasteiger partial charge in [0.15, 0.2) is 5.13 Å². The Morgan fingerprint density at radius 3 is 3.00 bits per heavy atom. The van der Waals surface area contributed by atoms with E-state index in [0.29, 0.717) is 0 Å². The summed E-state index contributed by atoms with van der Waals surface area (Å²) in [7, 11) is 3.78. The smallest absolute Gasteiger partial charge is 0.185 e.